The zero-order chi connectivity index (χ0) is 18.4. The Labute approximate surface area is 165 Å². The highest BCUT2D eigenvalue weighted by molar-refractivity contribution is 7.98. The molecule has 0 saturated carbocycles. The molecular formula is C21H25ClN2OS. The van der Waals surface area contributed by atoms with E-state index in [4.69, 9.17) is 11.6 Å². The van der Waals surface area contributed by atoms with Crippen molar-refractivity contribution in [2.24, 2.45) is 0 Å². The number of halogens is 1. The van der Waals surface area contributed by atoms with E-state index in [1.54, 1.807) is 17.8 Å². The Morgan fingerprint density at radius 2 is 1.85 bits per heavy atom. The molecule has 3 nitrogen and oxygen atoms in total. The smallest absolute Gasteiger partial charge is 0.253 e. The molecule has 0 radical (unpaired) electrons. The number of hydrogen-bond acceptors (Lipinski definition) is 3. The van der Waals surface area contributed by atoms with Crippen LogP contribution in [-0.4, -0.2) is 30.2 Å². The highest BCUT2D eigenvalue weighted by Crippen LogP contribution is 2.23. The number of piperidine rings is 1. The predicted octanol–water partition coefficient (Wildman–Crippen LogP) is 4.98. The van der Waals surface area contributed by atoms with Crippen molar-refractivity contribution in [1.29, 1.82) is 0 Å². The highest BCUT2D eigenvalue weighted by Gasteiger charge is 2.14. The van der Waals surface area contributed by atoms with Crippen molar-refractivity contribution in [3.05, 3.63) is 64.2 Å². The molecule has 1 aliphatic heterocycles. The normalized spacial score (nSPS) is 15.0. The molecule has 138 valence electrons. The third-order valence-corrected chi connectivity index (χ3v) is 5.87. The SMILES string of the molecule is CSc1ccc(Cl)c(C(=O)NCc2ccccc2CN2CCCCC2)c1. The van der Waals surface area contributed by atoms with Gasteiger partial charge in [0.25, 0.3) is 5.91 Å². The second-order valence-electron chi connectivity index (χ2n) is 6.63. The Morgan fingerprint density at radius 3 is 2.58 bits per heavy atom. The van der Waals surface area contributed by atoms with Crippen LogP contribution in [0.25, 0.3) is 0 Å². The third kappa shape index (κ3) is 5.03. The van der Waals surface area contributed by atoms with Gasteiger partial charge in [-0.15, -0.1) is 11.8 Å². The Kier molecular flexibility index (Phi) is 7.00. The molecule has 0 atom stereocenters. The van der Waals surface area contributed by atoms with Crippen LogP contribution in [0.5, 0.6) is 0 Å². The van der Waals surface area contributed by atoms with Crippen molar-refractivity contribution in [3.8, 4) is 0 Å². The van der Waals surface area contributed by atoms with E-state index in [2.05, 4.69) is 28.4 Å². The van der Waals surface area contributed by atoms with Gasteiger partial charge >= 0.3 is 0 Å². The summed E-state index contributed by atoms with van der Waals surface area (Å²) in [4.78, 5) is 16.1. The summed E-state index contributed by atoms with van der Waals surface area (Å²) in [5, 5.41) is 3.52. The summed E-state index contributed by atoms with van der Waals surface area (Å²) in [6.07, 6.45) is 5.89. The molecule has 2 aromatic rings. The molecule has 0 unspecified atom stereocenters. The van der Waals surface area contributed by atoms with Crippen molar-refractivity contribution < 1.29 is 4.79 Å². The van der Waals surface area contributed by atoms with Crippen molar-refractivity contribution in [3.63, 3.8) is 0 Å². The van der Waals surface area contributed by atoms with Crippen molar-refractivity contribution >= 4 is 29.3 Å². The van der Waals surface area contributed by atoms with Gasteiger partial charge in [-0.25, -0.2) is 0 Å². The van der Waals surface area contributed by atoms with Crippen LogP contribution < -0.4 is 5.32 Å². The molecule has 5 heteroatoms. The number of nitrogens with zero attached hydrogens (tertiary/aromatic N) is 1. The van der Waals surface area contributed by atoms with Gasteiger partial charge in [-0.3, -0.25) is 9.69 Å². The summed E-state index contributed by atoms with van der Waals surface area (Å²) in [7, 11) is 0. The fourth-order valence-corrected chi connectivity index (χ4v) is 3.96. The van der Waals surface area contributed by atoms with E-state index in [1.807, 2.05) is 24.5 Å². The van der Waals surface area contributed by atoms with E-state index in [9.17, 15) is 4.79 Å². The van der Waals surface area contributed by atoms with Crippen molar-refractivity contribution in [2.75, 3.05) is 19.3 Å². The number of thioether (sulfide) groups is 1. The molecule has 1 heterocycles. The third-order valence-electron chi connectivity index (χ3n) is 4.82. The van der Waals surface area contributed by atoms with Gasteiger partial charge in [0.1, 0.15) is 0 Å². The van der Waals surface area contributed by atoms with Gasteiger partial charge in [0.05, 0.1) is 10.6 Å². The minimum atomic E-state index is -0.126. The first kappa shape index (κ1) is 19.3. The van der Waals surface area contributed by atoms with Crippen LogP contribution in [0.3, 0.4) is 0 Å². The van der Waals surface area contributed by atoms with Crippen LogP contribution in [0.2, 0.25) is 5.02 Å². The summed E-state index contributed by atoms with van der Waals surface area (Å²) in [5.74, 6) is -0.126. The lowest BCUT2D eigenvalue weighted by Gasteiger charge is -2.27. The first-order chi connectivity index (χ1) is 12.7. The first-order valence-electron chi connectivity index (χ1n) is 9.08. The number of rotatable bonds is 6. The number of amides is 1. The molecule has 1 saturated heterocycles. The topological polar surface area (TPSA) is 32.3 Å². The summed E-state index contributed by atoms with van der Waals surface area (Å²) in [6, 6.07) is 13.9. The van der Waals surface area contributed by atoms with Crippen LogP contribution in [-0.2, 0) is 13.1 Å². The predicted molar refractivity (Wildman–Crippen MR) is 110 cm³/mol. The number of likely N-dealkylation sites (tertiary alicyclic amines) is 1. The molecule has 0 aliphatic carbocycles. The summed E-state index contributed by atoms with van der Waals surface area (Å²) in [6.45, 7) is 3.80. The van der Waals surface area contributed by atoms with Gasteiger partial charge in [0, 0.05) is 18.0 Å². The van der Waals surface area contributed by atoms with Gasteiger partial charge in [-0.05, 0) is 61.5 Å². The lowest BCUT2D eigenvalue weighted by atomic mass is 10.0. The molecule has 1 aliphatic rings. The van der Waals surface area contributed by atoms with Gasteiger partial charge in [-0.2, -0.15) is 0 Å². The Morgan fingerprint density at radius 1 is 1.12 bits per heavy atom. The second kappa shape index (κ2) is 9.45. The van der Waals surface area contributed by atoms with Crippen LogP contribution in [0.4, 0.5) is 0 Å². The Balaban J connectivity index is 1.67. The van der Waals surface area contributed by atoms with E-state index in [-0.39, 0.29) is 5.91 Å². The summed E-state index contributed by atoms with van der Waals surface area (Å²) in [5.41, 5.74) is 2.99. The molecule has 1 amide bonds. The average Bonchev–Trinajstić information content (AvgIpc) is 2.68. The highest BCUT2D eigenvalue weighted by atomic mass is 35.5. The summed E-state index contributed by atoms with van der Waals surface area (Å²) < 4.78 is 0. The first-order valence-corrected chi connectivity index (χ1v) is 10.7. The largest absolute Gasteiger partial charge is 0.348 e. The molecule has 0 spiro atoms. The molecule has 1 fully saturated rings. The monoisotopic (exact) mass is 388 g/mol. The van der Waals surface area contributed by atoms with Crippen molar-refractivity contribution in [2.45, 2.75) is 37.2 Å². The fourth-order valence-electron chi connectivity index (χ4n) is 3.32. The average molecular weight is 389 g/mol. The van der Waals surface area contributed by atoms with E-state index in [0.717, 1.165) is 24.5 Å². The number of benzene rings is 2. The van der Waals surface area contributed by atoms with E-state index >= 15 is 0 Å². The van der Waals surface area contributed by atoms with Crippen LogP contribution in [0, 0.1) is 0 Å². The molecule has 2 aromatic carbocycles. The lowest BCUT2D eigenvalue weighted by Crippen LogP contribution is -2.30. The Bertz CT molecular complexity index is 759. The number of carbonyl (C=O) groups is 1. The maximum atomic E-state index is 12.6. The number of carbonyl (C=O) groups excluding carboxylic acids is 1. The molecule has 0 aromatic heterocycles. The van der Waals surface area contributed by atoms with E-state index in [1.165, 1.54) is 30.4 Å². The fraction of sp³-hybridized carbons (Fsp3) is 0.381. The molecule has 26 heavy (non-hydrogen) atoms. The van der Waals surface area contributed by atoms with Crippen LogP contribution >= 0.6 is 23.4 Å². The standard InChI is InChI=1S/C21H25ClN2OS/c1-26-18-9-10-20(22)19(13-18)21(25)23-14-16-7-3-4-8-17(16)15-24-11-5-2-6-12-24/h3-4,7-10,13H,2,5-6,11-12,14-15H2,1H3,(H,23,25). The van der Waals surface area contributed by atoms with Crippen LogP contribution in [0.1, 0.15) is 40.7 Å². The quantitative estimate of drug-likeness (QED) is 0.708. The van der Waals surface area contributed by atoms with E-state index < -0.39 is 0 Å². The van der Waals surface area contributed by atoms with E-state index in [0.29, 0.717) is 17.1 Å². The molecule has 1 N–H and O–H groups in total. The minimum Gasteiger partial charge on any atom is -0.348 e. The molecule has 0 bridgehead atoms. The number of nitrogens with one attached hydrogen (secondary N) is 1. The minimum absolute atomic E-state index is 0.126. The second-order valence-corrected chi connectivity index (χ2v) is 7.92. The zero-order valence-corrected chi connectivity index (χ0v) is 16.7. The molecule has 3 rings (SSSR count). The van der Waals surface area contributed by atoms with Gasteiger partial charge in [-0.1, -0.05) is 42.3 Å². The maximum absolute atomic E-state index is 12.6. The lowest BCUT2D eigenvalue weighted by molar-refractivity contribution is 0.0950. The van der Waals surface area contributed by atoms with Gasteiger partial charge in [0.2, 0.25) is 0 Å². The Hall–Kier alpha value is -1.49. The number of hydrogen-bond donors (Lipinski definition) is 1. The zero-order valence-electron chi connectivity index (χ0n) is 15.1. The maximum Gasteiger partial charge on any atom is 0.253 e. The van der Waals surface area contributed by atoms with Gasteiger partial charge < -0.3 is 5.32 Å². The summed E-state index contributed by atoms with van der Waals surface area (Å²) >= 11 is 7.81. The van der Waals surface area contributed by atoms with Crippen molar-refractivity contribution in [1.82, 2.24) is 10.2 Å². The molecular weight excluding hydrogens is 364 g/mol. The van der Waals surface area contributed by atoms with Crippen LogP contribution in [0.15, 0.2) is 47.4 Å². The van der Waals surface area contributed by atoms with Gasteiger partial charge in [0.15, 0.2) is 0 Å².